The van der Waals surface area contributed by atoms with E-state index < -0.39 is 0 Å². The van der Waals surface area contributed by atoms with Crippen molar-refractivity contribution >= 4 is 16.7 Å². The van der Waals surface area contributed by atoms with Gasteiger partial charge in [0.05, 0.1) is 25.0 Å². The number of nitrogens with zero attached hydrogens (tertiary/aromatic N) is 5. The molecule has 0 aliphatic heterocycles. The van der Waals surface area contributed by atoms with Crippen LogP contribution in [0.5, 0.6) is 5.75 Å². The lowest BCUT2D eigenvalue weighted by Gasteiger charge is -2.08. The number of ether oxygens (including phenoxy) is 2. The summed E-state index contributed by atoms with van der Waals surface area (Å²) in [7, 11) is 3.27. The Bertz CT molecular complexity index is 1470. The average molecular weight is 441 g/mol. The maximum atomic E-state index is 13.2. The van der Waals surface area contributed by atoms with Crippen molar-refractivity contribution < 1.29 is 9.47 Å². The van der Waals surface area contributed by atoms with Gasteiger partial charge in [0.2, 0.25) is 0 Å². The second kappa shape index (κ2) is 8.84. The van der Waals surface area contributed by atoms with Gasteiger partial charge in [-0.25, -0.2) is 4.52 Å². The van der Waals surface area contributed by atoms with Crippen molar-refractivity contribution in [2.75, 3.05) is 14.2 Å². The molecule has 0 aliphatic carbocycles. The maximum Gasteiger partial charge on any atom is 0.280 e. The summed E-state index contributed by atoms with van der Waals surface area (Å²) in [5, 5.41) is 13.4. The Morgan fingerprint density at radius 2 is 1.73 bits per heavy atom. The number of hydrogen-bond donors (Lipinski definition) is 0. The van der Waals surface area contributed by atoms with Gasteiger partial charge in [0.1, 0.15) is 11.3 Å². The highest BCUT2D eigenvalue weighted by molar-refractivity contribution is 5.84. The number of aromatic nitrogens is 5. The fourth-order valence-electron chi connectivity index (χ4n) is 3.98. The quantitative estimate of drug-likeness (QED) is 0.384. The van der Waals surface area contributed by atoms with E-state index in [-0.39, 0.29) is 11.1 Å². The highest BCUT2D eigenvalue weighted by atomic mass is 16.5. The molecule has 0 unspecified atom stereocenters. The minimum Gasteiger partial charge on any atom is -0.497 e. The average Bonchev–Trinajstić information content (AvgIpc) is 3.23. The highest BCUT2D eigenvalue weighted by Gasteiger charge is 2.19. The Morgan fingerprint density at radius 3 is 2.45 bits per heavy atom. The number of fused-ring (bicyclic) bond motifs is 3. The van der Waals surface area contributed by atoms with Crippen LogP contribution in [0.3, 0.4) is 0 Å². The van der Waals surface area contributed by atoms with Gasteiger partial charge in [0, 0.05) is 19.9 Å². The van der Waals surface area contributed by atoms with E-state index in [1.165, 1.54) is 0 Å². The zero-order valence-electron chi connectivity index (χ0n) is 18.4. The summed E-state index contributed by atoms with van der Waals surface area (Å²) < 4.78 is 13.9. The molecule has 166 valence electrons. The van der Waals surface area contributed by atoms with Crippen LogP contribution in [-0.4, -0.2) is 38.6 Å². The van der Waals surface area contributed by atoms with Gasteiger partial charge in [-0.15, -0.1) is 10.2 Å². The van der Waals surface area contributed by atoms with Crippen molar-refractivity contribution in [3.05, 3.63) is 88.5 Å². The summed E-state index contributed by atoms with van der Waals surface area (Å²) in [6, 6.07) is 19.6. The minimum atomic E-state index is -0.194. The second-order valence-corrected chi connectivity index (χ2v) is 7.70. The van der Waals surface area contributed by atoms with Crippen LogP contribution < -0.4 is 10.3 Å². The van der Waals surface area contributed by atoms with Crippen LogP contribution in [0.2, 0.25) is 0 Å². The molecule has 0 spiro atoms. The molecule has 0 fully saturated rings. The van der Waals surface area contributed by atoms with Gasteiger partial charge in [-0.05, 0) is 35.7 Å². The summed E-state index contributed by atoms with van der Waals surface area (Å²) >= 11 is 0. The van der Waals surface area contributed by atoms with Crippen molar-refractivity contribution in [2.24, 2.45) is 0 Å². The molecule has 0 atom stereocenters. The standard InChI is InChI=1S/C25H23N5O3/c1-32-16-20-22(18-6-4-3-5-7-18)24-27-26-23-21(30(24)28-20)13-15-29(25(23)31)14-12-17-8-10-19(33-2)11-9-17/h3-11,13,15H,12,14,16H2,1-2H3. The first kappa shape index (κ1) is 20.8. The monoisotopic (exact) mass is 441 g/mol. The lowest BCUT2D eigenvalue weighted by molar-refractivity contribution is 0.181. The van der Waals surface area contributed by atoms with Crippen LogP contribution in [0, 0.1) is 0 Å². The Balaban J connectivity index is 1.55. The van der Waals surface area contributed by atoms with Crippen molar-refractivity contribution in [1.82, 2.24) is 24.4 Å². The van der Waals surface area contributed by atoms with Crippen molar-refractivity contribution in [2.45, 2.75) is 19.6 Å². The predicted octanol–water partition coefficient (Wildman–Crippen LogP) is 3.50. The molecule has 33 heavy (non-hydrogen) atoms. The first-order valence-electron chi connectivity index (χ1n) is 10.6. The molecule has 3 aromatic heterocycles. The molecule has 8 heteroatoms. The number of aryl methyl sites for hydroxylation is 2. The molecule has 5 aromatic rings. The Kier molecular flexibility index (Phi) is 5.58. The van der Waals surface area contributed by atoms with Crippen molar-refractivity contribution in [3.8, 4) is 16.9 Å². The van der Waals surface area contributed by atoms with Crippen LogP contribution in [0.1, 0.15) is 11.3 Å². The minimum absolute atomic E-state index is 0.194. The highest BCUT2D eigenvalue weighted by Crippen LogP contribution is 2.28. The van der Waals surface area contributed by atoms with Crippen LogP contribution in [0.15, 0.2) is 71.7 Å². The molecule has 0 amide bonds. The number of hydrogen-bond acceptors (Lipinski definition) is 6. The third-order valence-electron chi connectivity index (χ3n) is 5.67. The normalized spacial score (nSPS) is 11.3. The third kappa shape index (κ3) is 3.85. The van der Waals surface area contributed by atoms with E-state index in [1.54, 1.807) is 29.5 Å². The van der Waals surface area contributed by atoms with Gasteiger partial charge in [0.25, 0.3) is 5.56 Å². The van der Waals surface area contributed by atoms with Gasteiger partial charge in [-0.3, -0.25) is 4.79 Å². The lowest BCUT2D eigenvalue weighted by Crippen LogP contribution is -2.22. The van der Waals surface area contributed by atoms with Crippen molar-refractivity contribution in [3.63, 3.8) is 0 Å². The summed E-state index contributed by atoms with van der Waals surface area (Å²) in [4.78, 5) is 13.2. The van der Waals surface area contributed by atoms with E-state index in [0.717, 1.165) is 28.1 Å². The first-order chi connectivity index (χ1) is 16.2. The van der Waals surface area contributed by atoms with E-state index in [4.69, 9.17) is 14.6 Å². The van der Waals surface area contributed by atoms with Gasteiger partial charge in [-0.2, -0.15) is 5.10 Å². The summed E-state index contributed by atoms with van der Waals surface area (Å²) in [5.74, 6) is 0.808. The molecule has 5 rings (SSSR count). The summed E-state index contributed by atoms with van der Waals surface area (Å²) in [6.45, 7) is 0.859. The molecule has 0 saturated carbocycles. The topological polar surface area (TPSA) is 83.5 Å². The number of rotatable bonds is 7. The molecule has 0 aliphatic rings. The molecule has 2 aromatic carbocycles. The molecule has 3 heterocycles. The molecule has 0 N–H and O–H groups in total. The fraction of sp³-hybridized carbons (Fsp3) is 0.200. The molecular formula is C25H23N5O3. The molecule has 8 nitrogen and oxygen atoms in total. The summed E-state index contributed by atoms with van der Waals surface area (Å²) in [5.41, 5.74) is 4.99. The molecule has 0 bridgehead atoms. The predicted molar refractivity (Wildman–Crippen MR) is 125 cm³/mol. The first-order valence-corrected chi connectivity index (χ1v) is 10.6. The second-order valence-electron chi connectivity index (χ2n) is 7.70. The van der Waals surface area contributed by atoms with E-state index in [9.17, 15) is 4.79 Å². The lowest BCUT2D eigenvalue weighted by atomic mass is 10.1. The largest absolute Gasteiger partial charge is 0.497 e. The van der Waals surface area contributed by atoms with Crippen LogP contribution in [0.4, 0.5) is 0 Å². The number of benzene rings is 2. The maximum absolute atomic E-state index is 13.2. The van der Waals surface area contributed by atoms with Crippen LogP contribution in [0.25, 0.3) is 27.8 Å². The van der Waals surface area contributed by atoms with Gasteiger partial charge >= 0.3 is 0 Å². The van der Waals surface area contributed by atoms with E-state index in [0.29, 0.717) is 30.7 Å². The Hall–Kier alpha value is -4.04. The fourth-order valence-corrected chi connectivity index (χ4v) is 3.98. The Labute approximate surface area is 190 Å². The van der Waals surface area contributed by atoms with E-state index in [2.05, 4.69) is 10.2 Å². The van der Waals surface area contributed by atoms with Crippen LogP contribution in [-0.2, 0) is 24.3 Å². The number of pyridine rings is 1. The number of methoxy groups -OCH3 is 2. The smallest absolute Gasteiger partial charge is 0.280 e. The zero-order valence-corrected chi connectivity index (χ0v) is 18.4. The van der Waals surface area contributed by atoms with E-state index in [1.807, 2.05) is 60.7 Å². The SMILES string of the molecule is COCc1nn2c(nnc3c(=O)n(CCc4ccc(OC)cc4)ccc32)c1-c1ccccc1. The van der Waals surface area contributed by atoms with Gasteiger partial charge in [-0.1, -0.05) is 42.5 Å². The van der Waals surface area contributed by atoms with Crippen molar-refractivity contribution in [1.29, 1.82) is 0 Å². The third-order valence-corrected chi connectivity index (χ3v) is 5.67. The van der Waals surface area contributed by atoms with Gasteiger partial charge < -0.3 is 14.0 Å². The van der Waals surface area contributed by atoms with Gasteiger partial charge in [0.15, 0.2) is 11.2 Å². The van der Waals surface area contributed by atoms with Crippen LogP contribution >= 0.6 is 0 Å². The van der Waals surface area contributed by atoms with E-state index >= 15 is 0 Å². The zero-order chi connectivity index (χ0) is 22.8. The molecule has 0 radical (unpaired) electrons. The molecular weight excluding hydrogens is 418 g/mol. The Morgan fingerprint density at radius 1 is 0.939 bits per heavy atom. The molecule has 0 saturated heterocycles. The summed E-state index contributed by atoms with van der Waals surface area (Å²) in [6.07, 6.45) is 2.50.